The van der Waals surface area contributed by atoms with E-state index < -0.39 is 20.2 Å². The van der Waals surface area contributed by atoms with E-state index in [1.807, 2.05) is 0 Å². The minimum Gasteiger partial charge on any atom is -0.481 e. The Hall–Kier alpha value is -0.353. The molecule has 17 heavy (non-hydrogen) atoms. The van der Waals surface area contributed by atoms with Gasteiger partial charge in [0.25, 0.3) is 0 Å². The van der Waals surface area contributed by atoms with Crippen LogP contribution >= 0.6 is 0 Å². The van der Waals surface area contributed by atoms with Gasteiger partial charge in [-0.15, -0.1) is 0 Å². The molecule has 102 valence electrons. The Labute approximate surface area is 107 Å². The molecule has 0 heterocycles. The molecule has 1 N–H and O–H groups in total. The molecule has 0 amide bonds. The van der Waals surface area contributed by atoms with Crippen molar-refractivity contribution in [2.75, 3.05) is 0 Å². The lowest BCUT2D eigenvalue weighted by Gasteiger charge is -2.40. The van der Waals surface area contributed by atoms with Gasteiger partial charge in [0.15, 0.2) is 8.32 Å². The van der Waals surface area contributed by atoms with Gasteiger partial charge in [0.1, 0.15) is 0 Å². The summed E-state index contributed by atoms with van der Waals surface area (Å²) in [6, 6.07) is 0. The number of rotatable bonds is 6. The van der Waals surface area contributed by atoms with Crippen LogP contribution in [0.1, 0.15) is 47.5 Å². The maximum atomic E-state index is 11.1. The molecule has 0 aliphatic carbocycles. The maximum absolute atomic E-state index is 11.1. The van der Waals surface area contributed by atoms with Crippen molar-refractivity contribution in [3.05, 3.63) is 0 Å². The van der Waals surface area contributed by atoms with Gasteiger partial charge in [0, 0.05) is 0 Å². The van der Waals surface area contributed by atoms with E-state index in [4.69, 9.17) is 9.53 Å². The van der Waals surface area contributed by atoms with Gasteiger partial charge in [0.2, 0.25) is 0 Å². The lowest BCUT2D eigenvalue weighted by molar-refractivity contribution is -0.144. The number of hydrogen-bond acceptors (Lipinski definition) is 2. The van der Waals surface area contributed by atoms with Crippen molar-refractivity contribution in [2.24, 2.45) is 5.92 Å². The van der Waals surface area contributed by atoms with Gasteiger partial charge in [-0.3, -0.25) is 4.79 Å². The second kappa shape index (κ2) is 6.00. The average molecular weight is 260 g/mol. The van der Waals surface area contributed by atoms with Crippen LogP contribution in [0.3, 0.4) is 0 Å². The summed E-state index contributed by atoms with van der Waals surface area (Å²) in [5.74, 6) is -1.19. The van der Waals surface area contributed by atoms with E-state index in [2.05, 4.69) is 40.8 Å². The van der Waals surface area contributed by atoms with Crippen LogP contribution in [-0.4, -0.2) is 25.5 Å². The van der Waals surface area contributed by atoms with Gasteiger partial charge < -0.3 is 9.53 Å². The highest BCUT2D eigenvalue weighted by molar-refractivity contribution is 6.74. The second-order valence-electron chi connectivity index (χ2n) is 6.33. The lowest BCUT2D eigenvalue weighted by Crippen LogP contribution is -2.46. The lowest BCUT2D eigenvalue weighted by atomic mass is 10.0. The Morgan fingerprint density at radius 1 is 1.35 bits per heavy atom. The van der Waals surface area contributed by atoms with E-state index >= 15 is 0 Å². The molecule has 0 bridgehead atoms. The topological polar surface area (TPSA) is 46.5 Å². The van der Waals surface area contributed by atoms with Crippen LogP contribution < -0.4 is 0 Å². The summed E-state index contributed by atoms with van der Waals surface area (Å²) in [5.41, 5.74) is 0. The molecule has 2 atom stereocenters. The Bertz CT molecular complexity index is 256. The van der Waals surface area contributed by atoms with E-state index in [9.17, 15) is 4.79 Å². The molecular weight excluding hydrogens is 232 g/mol. The molecule has 0 aromatic heterocycles. The fourth-order valence-electron chi connectivity index (χ4n) is 1.41. The van der Waals surface area contributed by atoms with Crippen LogP contribution in [0.5, 0.6) is 0 Å². The summed E-state index contributed by atoms with van der Waals surface area (Å²) in [4.78, 5) is 11.1. The number of hydrogen-bond donors (Lipinski definition) is 1. The Kier molecular flexibility index (Phi) is 5.88. The van der Waals surface area contributed by atoms with Crippen molar-refractivity contribution in [3.8, 4) is 0 Å². The Balaban J connectivity index is 4.82. The van der Waals surface area contributed by atoms with E-state index in [1.165, 1.54) is 0 Å². The van der Waals surface area contributed by atoms with Crippen LogP contribution in [0.2, 0.25) is 18.1 Å². The first-order valence-corrected chi connectivity index (χ1v) is 9.34. The molecule has 3 nitrogen and oxygen atoms in total. The fourth-order valence-corrected chi connectivity index (χ4v) is 2.84. The van der Waals surface area contributed by atoms with Gasteiger partial charge in [-0.05, 0) is 31.5 Å². The van der Waals surface area contributed by atoms with Gasteiger partial charge in [0.05, 0.1) is 12.0 Å². The third-order valence-corrected chi connectivity index (χ3v) is 8.28. The monoisotopic (exact) mass is 260 g/mol. The van der Waals surface area contributed by atoms with Crippen LogP contribution in [0.25, 0.3) is 0 Å². The molecule has 0 radical (unpaired) electrons. The van der Waals surface area contributed by atoms with Crippen molar-refractivity contribution < 1.29 is 14.3 Å². The highest BCUT2D eigenvalue weighted by Gasteiger charge is 2.40. The summed E-state index contributed by atoms with van der Waals surface area (Å²) in [5, 5.41) is 9.24. The van der Waals surface area contributed by atoms with Crippen molar-refractivity contribution in [1.29, 1.82) is 0 Å². The first-order chi connectivity index (χ1) is 7.53. The zero-order chi connectivity index (χ0) is 13.9. The molecule has 0 aromatic carbocycles. The van der Waals surface area contributed by atoms with Gasteiger partial charge in [-0.1, -0.05) is 34.1 Å². The van der Waals surface area contributed by atoms with Crippen molar-refractivity contribution in [2.45, 2.75) is 71.7 Å². The third-order valence-electron chi connectivity index (χ3n) is 3.77. The van der Waals surface area contributed by atoms with Crippen LogP contribution in [0.4, 0.5) is 0 Å². The van der Waals surface area contributed by atoms with Crippen LogP contribution in [-0.2, 0) is 9.22 Å². The maximum Gasteiger partial charge on any atom is 0.308 e. The van der Waals surface area contributed by atoms with Crippen molar-refractivity contribution in [1.82, 2.24) is 0 Å². The average Bonchev–Trinajstić information content (AvgIpc) is 2.13. The molecule has 0 spiro atoms. The molecule has 0 fully saturated rings. The molecule has 4 heteroatoms. The predicted octanol–water partition coefficient (Wildman–Crippen LogP) is 3.90. The van der Waals surface area contributed by atoms with E-state index in [0.717, 1.165) is 12.8 Å². The molecule has 0 aromatic rings. The Morgan fingerprint density at radius 2 is 1.82 bits per heavy atom. The van der Waals surface area contributed by atoms with Gasteiger partial charge in [-0.2, -0.15) is 0 Å². The molecule has 0 saturated carbocycles. The number of carboxylic acids is 1. The standard InChI is InChI=1S/C13H28O3Si/c1-8-9-11(10(2)12(14)15)16-17(6,7)13(3,4)5/h10-11H,8-9H2,1-7H3,(H,14,15)/t10-,11+/m1/s1. The summed E-state index contributed by atoms with van der Waals surface area (Å²) < 4.78 is 6.22. The summed E-state index contributed by atoms with van der Waals surface area (Å²) in [6.45, 7) is 14.7. The van der Waals surface area contributed by atoms with E-state index in [1.54, 1.807) is 6.92 Å². The predicted molar refractivity (Wildman–Crippen MR) is 73.8 cm³/mol. The molecule has 0 rings (SSSR count). The van der Waals surface area contributed by atoms with Crippen LogP contribution in [0, 0.1) is 5.92 Å². The van der Waals surface area contributed by atoms with Crippen LogP contribution in [0.15, 0.2) is 0 Å². The first-order valence-electron chi connectivity index (χ1n) is 6.43. The first kappa shape index (κ1) is 16.6. The summed E-state index contributed by atoms with van der Waals surface area (Å²) in [6.07, 6.45) is 1.62. The quantitative estimate of drug-likeness (QED) is 0.737. The Morgan fingerprint density at radius 3 is 2.12 bits per heavy atom. The van der Waals surface area contributed by atoms with Crippen molar-refractivity contribution in [3.63, 3.8) is 0 Å². The van der Waals surface area contributed by atoms with Gasteiger partial charge in [-0.25, -0.2) is 0 Å². The third kappa shape index (κ3) is 4.80. The molecule has 0 aliphatic heterocycles. The fraction of sp³-hybridized carbons (Fsp3) is 0.923. The minimum absolute atomic E-state index is 0.122. The summed E-state index contributed by atoms with van der Waals surface area (Å²) in [7, 11) is -1.88. The zero-order valence-electron chi connectivity index (χ0n) is 12.3. The second-order valence-corrected chi connectivity index (χ2v) is 11.1. The number of carboxylic acid groups (broad SMARTS) is 1. The van der Waals surface area contributed by atoms with E-state index in [0.29, 0.717) is 0 Å². The molecule has 0 unspecified atom stereocenters. The number of aliphatic carboxylic acids is 1. The normalized spacial score (nSPS) is 16.6. The SMILES string of the molecule is CCC[C@H](O[Si](C)(C)C(C)(C)C)[C@@H](C)C(=O)O. The van der Waals surface area contributed by atoms with E-state index in [-0.39, 0.29) is 11.1 Å². The smallest absolute Gasteiger partial charge is 0.308 e. The van der Waals surface area contributed by atoms with Gasteiger partial charge >= 0.3 is 5.97 Å². The number of carbonyl (C=O) groups is 1. The zero-order valence-corrected chi connectivity index (χ0v) is 13.3. The summed E-state index contributed by atoms with van der Waals surface area (Å²) >= 11 is 0. The molecule has 0 saturated heterocycles. The molecular formula is C13H28O3Si. The minimum atomic E-state index is -1.88. The van der Waals surface area contributed by atoms with Crippen molar-refractivity contribution >= 4 is 14.3 Å². The molecule has 0 aliphatic rings. The highest BCUT2D eigenvalue weighted by Crippen LogP contribution is 2.38. The highest BCUT2D eigenvalue weighted by atomic mass is 28.4. The largest absolute Gasteiger partial charge is 0.481 e.